The number of methoxy groups -OCH3 is 1. The minimum absolute atomic E-state index is 0.121. The summed E-state index contributed by atoms with van der Waals surface area (Å²) in [4.78, 5) is 12.4. The van der Waals surface area contributed by atoms with Gasteiger partial charge in [0, 0.05) is 17.8 Å². The molecule has 0 atom stereocenters. The summed E-state index contributed by atoms with van der Waals surface area (Å²) >= 11 is 0. The van der Waals surface area contributed by atoms with Crippen LogP contribution in [0.25, 0.3) is 0 Å². The molecule has 0 spiro atoms. The van der Waals surface area contributed by atoms with Crippen LogP contribution in [0.5, 0.6) is 5.75 Å². The molecular weight excluding hydrogens is 340 g/mol. The second kappa shape index (κ2) is 6.76. The van der Waals surface area contributed by atoms with Crippen LogP contribution in [-0.4, -0.2) is 33.7 Å². The molecule has 0 aromatic heterocycles. The van der Waals surface area contributed by atoms with E-state index in [4.69, 9.17) is 4.74 Å². The second-order valence-electron chi connectivity index (χ2n) is 5.95. The first-order valence-corrected chi connectivity index (χ1v) is 9.58. The van der Waals surface area contributed by atoms with Gasteiger partial charge < -0.3 is 10.1 Å². The number of carbonyl (C=O) groups excluding carboxylic acids is 1. The highest BCUT2D eigenvalue weighted by atomic mass is 32.2. The molecule has 0 radical (unpaired) electrons. The van der Waals surface area contributed by atoms with Gasteiger partial charge in [0.25, 0.3) is 5.91 Å². The fourth-order valence-corrected chi connectivity index (χ4v) is 4.34. The number of benzene rings is 2. The number of amides is 1. The Labute approximate surface area is 147 Å². The molecule has 0 bridgehead atoms. The molecule has 1 amide bonds. The lowest BCUT2D eigenvalue weighted by Crippen LogP contribution is -2.25. The predicted octanol–water partition coefficient (Wildman–Crippen LogP) is 2.80. The zero-order chi connectivity index (χ0) is 18.0. The molecule has 1 aliphatic rings. The molecule has 2 aromatic carbocycles. The third kappa shape index (κ3) is 3.61. The predicted molar refractivity (Wildman–Crippen MR) is 97.9 cm³/mol. The van der Waals surface area contributed by atoms with Crippen LogP contribution < -0.4 is 14.4 Å². The number of hydrogen-bond donors (Lipinski definition) is 1. The van der Waals surface area contributed by atoms with Crippen molar-refractivity contribution in [3.8, 4) is 5.75 Å². The smallest absolute Gasteiger partial charge is 0.255 e. The first kappa shape index (κ1) is 17.3. The quantitative estimate of drug-likeness (QED) is 0.910. The van der Waals surface area contributed by atoms with Crippen LogP contribution in [0.4, 0.5) is 11.4 Å². The second-order valence-corrected chi connectivity index (χ2v) is 7.96. The van der Waals surface area contributed by atoms with Gasteiger partial charge in [-0.3, -0.25) is 9.10 Å². The Morgan fingerprint density at radius 1 is 1.16 bits per heavy atom. The number of sulfonamides is 1. The van der Waals surface area contributed by atoms with E-state index in [1.165, 1.54) is 11.4 Å². The number of ether oxygens (including phenoxy) is 1. The van der Waals surface area contributed by atoms with Crippen molar-refractivity contribution in [2.45, 2.75) is 13.3 Å². The zero-order valence-corrected chi connectivity index (χ0v) is 15.0. The molecule has 132 valence electrons. The van der Waals surface area contributed by atoms with Gasteiger partial charge in [0.1, 0.15) is 5.75 Å². The van der Waals surface area contributed by atoms with Gasteiger partial charge >= 0.3 is 0 Å². The Bertz CT molecular complexity index is 892. The van der Waals surface area contributed by atoms with E-state index in [0.717, 1.165) is 5.56 Å². The minimum atomic E-state index is -3.33. The van der Waals surface area contributed by atoms with Crippen LogP contribution in [0.1, 0.15) is 22.3 Å². The summed E-state index contributed by atoms with van der Waals surface area (Å²) < 4.78 is 31.0. The Kier molecular flexibility index (Phi) is 4.67. The largest absolute Gasteiger partial charge is 0.495 e. The van der Waals surface area contributed by atoms with Crippen LogP contribution in [0.3, 0.4) is 0 Å². The molecule has 1 saturated heterocycles. The van der Waals surface area contributed by atoms with Crippen LogP contribution in [0.2, 0.25) is 0 Å². The van der Waals surface area contributed by atoms with Crippen molar-refractivity contribution in [1.29, 1.82) is 0 Å². The summed E-state index contributed by atoms with van der Waals surface area (Å²) in [5.41, 5.74) is 2.57. The average molecular weight is 360 g/mol. The van der Waals surface area contributed by atoms with Crippen molar-refractivity contribution in [3.05, 3.63) is 53.6 Å². The van der Waals surface area contributed by atoms with Gasteiger partial charge in [-0.25, -0.2) is 8.42 Å². The van der Waals surface area contributed by atoms with Crippen LogP contribution in [0, 0.1) is 6.92 Å². The number of hydrogen-bond acceptors (Lipinski definition) is 4. The number of nitrogens with one attached hydrogen (secondary N) is 1. The first-order chi connectivity index (χ1) is 11.9. The van der Waals surface area contributed by atoms with E-state index in [9.17, 15) is 13.2 Å². The number of rotatable bonds is 4. The van der Waals surface area contributed by atoms with Crippen molar-refractivity contribution in [3.63, 3.8) is 0 Å². The van der Waals surface area contributed by atoms with Gasteiger partial charge in [0.15, 0.2) is 0 Å². The summed E-state index contributed by atoms with van der Waals surface area (Å²) in [6.07, 6.45) is 0.575. The Morgan fingerprint density at radius 2 is 1.88 bits per heavy atom. The first-order valence-electron chi connectivity index (χ1n) is 7.97. The van der Waals surface area contributed by atoms with E-state index in [1.54, 1.807) is 30.3 Å². The van der Waals surface area contributed by atoms with Crippen molar-refractivity contribution in [2.24, 2.45) is 0 Å². The van der Waals surface area contributed by atoms with Gasteiger partial charge in [0.2, 0.25) is 10.0 Å². The van der Waals surface area contributed by atoms with E-state index in [0.29, 0.717) is 35.7 Å². The SMILES string of the molecule is COc1ccc(NC(=O)c2ccc(C)cc2)cc1N1CCCS1(=O)=O. The van der Waals surface area contributed by atoms with Crippen LogP contribution >= 0.6 is 0 Å². The molecule has 1 fully saturated rings. The number of aryl methyl sites for hydroxylation is 1. The van der Waals surface area contributed by atoms with Gasteiger partial charge in [-0.1, -0.05) is 17.7 Å². The van der Waals surface area contributed by atoms with E-state index >= 15 is 0 Å². The molecule has 0 aliphatic carbocycles. The lowest BCUT2D eigenvalue weighted by Gasteiger charge is -2.20. The molecular formula is C18H20N2O4S. The molecule has 6 nitrogen and oxygen atoms in total. The highest BCUT2D eigenvalue weighted by molar-refractivity contribution is 7.93. The summed E-state index contributed by atoms with van der Waals surface area (Å²) in [6, 6.07) is 12.2. The standard InChI is InChI=1S/C18H20N2O4S/c1-13-4-6-14(7-5-13)18(21)19-15-8-9-17(24-2)16(12-15)20-10-3-11-25(20,22)23/h4-9,12H,3,10-11H2,1-2H3,(H,19,21). The molecule has 3 rings (SSSR count). The van der Waals surface area contributed by atoms with Gasteiger partial charge in [-0.05, 0) is 43.7 Å². The number of nitrogens with zero attached hydrogens (tertiary/aromatic N) is 1. The lowest BCUT2D eigenvalue weighted by molar-refractivity contribution is 0.102. The molecule has 1 aliphatic heterocycles. The maximum absolute atomic E-state index is 12.4. The Morgan fingerprint density at radius 3 is 2.48 bits per heavy atom. The van der Waals surface area contributed by atoms with E-state index in [1.807, 2.05) is 19.1 Å². The van der Waals surface area contributed by atoms with Gasteiger partial charge in [0.05, 0.1) is 18.6 Å². The normalized spacial score (nSPS) is 15.8. The summed E-state index contributed by atoms with van der Waals surface area (Å²) in [6.45, 7) is 2.36. The van der Waals surface area contributed by atoms with Crippen LogP contribution in [0.15, 0.2) is 42.5 Å². The summed E-state index contributed by atoms with van der Waals surface area (Å²) in [5, 5.41) is 2.80. The fourth-order valence-electron chi connectivity index (χ4n) is 2.78. The molecule has 0 saturated carbocycles. The fraction of sp³-hybridized carbons (Fsp3) is 0.278. The lowest BCUT2D eigenvalue weighted by atomic mass is 10.1. The Hall–Kier alpha value is -2.54. The van der Waals surface area contributed by atoms with E-state index in [-0.39, 0.29) is 11.7 Å². The van der Waals surface area contributed by atoms with E-state index < -0.39 is 10.0 Å². The van der Waals surface area contributed by atoms with Gasteiger partial charge in [-0.15, -0.1) is 0 Å². The number of anilines is 2. The minimum Gasteiger partial charge on any atom is -0.495 e. The van der Waals surface area contributed by atoms with Crippen molar-refractivity contribution in [1.82, 2.24) is 0 Å². The van der Waals surface area contributed by atoms with Crippen LogP contribution in [-0.2, 0) is 10.0 Å². The monoisotopic (exact) mass is 360 g/mol. The van der Waals surface area contributed by atoms with Gasteiger partial charge in [-0.2, -0.15) is 0 Å². The zero-order valence-electron chi connectivity index (χ0n) is 14.2. The molecule has 1 heterocycles. The maximum Gasteiger partial charge on any atom is 0.255 e. The third-order valence-corrected chi connectivity index (χ3v) is 5.97. The molecule has 1 N–H and O–H groups in total. The van der Waals surface area contributed by atoms with Crippen molar-refractivity contribution < 1.29 is 17.9 Å². The molecule has 0 unspecified atom stereocenters. The topological polar surface area (TPSA) is 75.7 Å². The average Bonchev–Trinajstić information content (AvgIpc) is 2.94. The van der Waals surface area contributed by atoms with Crippen molar-refractivity contribution >= 4 is 27.3 Å². The third-order valence-electron chi connectivity index (χ3n) is 4.12. The molecule has 25 heavy (non-hydrogen) atoms. The maximum atomic E-state index is 12.4. The highest BCUT2D eigenvalue weighted by Crippen LogP contribution is 2.35. The molecule has 7 heteroatoms. The summed E-state index contributed by atoms with van der Waals surface area (Å²) in [5.74, 6) is 0.329. The van der Waals surface area contributed by atoms with Crippen molar-refractivity contribution in [2.75, 3.05) is 29.0 Å². The number of carbonyl (C=O) groups is 1. The highest BCUT2D eigenvalue weighted by Gasteiger charge is 2.30. The summed E-state index contributed by atoms with van der Waals surface area (Å²) in [7, 11) is -1.84. The molecule has 2 aromatic rings. The van der Waals surface area contributed by atoms with E-state index in [2.05, 4.69) is 5.32 Å². The Balaban J connectivity index is 1.89.